The largest absolute Gasteiger partial charge is 0.462 e. The minimum Gasteiger partial charge on any atom is -0.462 e. The number of ether oxygens (including phenoxy) is 1. The van der Waals surface area contributed by atoms with Crippen LogP contribution in [0, 0.1) is 0 Å². The van der Waals surface area contributed by atoms with Crippen LogP contribution in [0.25, 0.3) is 10.9 Å². The fourth-order valence-electron chi connectivity index (χ4n) is 2.78. The first kappa shape index (κ1) is 13.9. The highest BCUT2D eigenvalue weighted by Crippen LogP contribution is 2.24. The second-order valence-electron chi connectivity index (χ2n) is 5.37. The Labute approximate surface area is 124 Å². The third-order valence-electron chi connectivity index (χ3n) is 3.90. The number of hydrogen-bond donors (Lipinski definition) is 0. The Balaban J connectivity index is 1.88. The number of anilines is 1. The molecule has 1 aromatic carbocycles. The van der Waals surface area contributed by atoms with E-state index >= 15 is 0 Å². The fourth-order valence-corrected chi connectivity index (χ4v) is 2.78. The second kappa shape index (κ2) is 6.12. The first-order valence-electron chi connectivity index (χ1n) is 7.60. The van der Waals surface area contributed by atoms with Crippen LogP contribution in [0.15, 0.2) is 30.5 Å². The van der Waals surface area contributed by atoms with Crippen molar-refractivity contribution >= 4 is 22.6 Å². The van der Waals surface area contributed by atoms with E-state index in [4.69, 9.17) is 4.74 Å². The van der Waals surface area contributed by atoms with E-state index in [1.54, 1.807) is 13.1 Å². The zero-order chi connectivity index (χ0) is 14.7. The second-order valence-corrected chi connectivity index (χ2v) is 5.37. The molecule has 1 fully saturated rings. The lowest BCUT2D eigenvalue weighted by Crippen LogP contribution is -2.29. The van der Waals surface area contributed by atoms with Crippen LogP contribution >= 0.6 is 0 Å². The van der Waals surface area contributed by atoms with Crippen molar-refractivity contribution in [2.75, 3.05) is 24.6 Å². The molecule has 0 spiro atoms. The van der Waals surface area contributed by atoms with Gasteiger partial charge in [-0.2, -0.15) is 0 Å². The molecule has 4 heteroatoms. The van der Waals surface area contributed by atoms with Crippen molar-refractivity contribution < 1.29 is 9.53 Å². The lowest BCUT2D eigenvalue weighted by atomic mass is 10.1. The van der Waals surface area contributed by atoms with Crippen molar-refractivity contribution in [3.8, 4) is 0 Å². The molecule has 4 nitrogen and oxygen atoms in total. The summed E-state index contributed by atoms with van der Waals surface area (Å²) < 4.78 is 5.01. The minimum atomic E-state index is -0.313. The van der Waals surface area contributed by atoms with Crippen LogP contribution in [0.4, 0.5) is 5.69 Å². The van der Waals surface area contributed by atoms with Gasteiger partial charge < -0.3 is 9.64 Å². The van der Waals surface area contributed by atoms with Crippen molar-refractivity contribution in [2.24, 2.45) is 0 Å². The number of hydrogen-bond acceptors (Lipinski definition) is 4. The van der Waals surface area contributed by atoms with Crippen LogP contribution in [0.5, 0.6) is 0 Å². The Morgan fingerprint density at radius 1 is 1.24 bits per heavy atom. The number of pyridine rings is 1. The summed E-state index contributed by atoms with van der Waals surface area (Å²) in [5.74, 6) is -0.313. The number of fused-ring (bicyclic) bond motifs is 1. The van der Waals surface area contributed by atoms with Crippen molar-refractivity contribution in [1.82, 2.24) is 4.98 Å². The van der Waals surface area contributed by atoms with Gasteiger partial charge in [-0.05, 0) is 44.4 Å². The van der Waals surface area contributed by atoms with Gasteiger partial charge in [0.25, 0.3) is 0 Å². The monoisotopic (exact) mass is 284 g/mol. The predicted molar refractivity (Wildman–Crippen MR) is 83.8 cm³/mol. The molecule has 1 saturated heterocycles. The summed E-state index contributed by atoms with van der Waals surface area (Å²) in [6.07, 6.45) is 5.44. The Morgan fingerprint density at radius 3 is 2.81 bits per heavy atom. The Hall–Kier alpha value is -2.10. The molecule has 1 aromatic heterocycles. The smallest absolute Gasteiger partial charge is 0.339 e. The third-order valence-corrected chi connectivity index (χ3v) is 3.90. The molecule has 0 saturated carbocycles. The Bertz CT molecular complexity index is 648. The van der Waals surface area contributed by atoms with Crippen molar-refractivity contribution in [1.29, 1.82) is 0 Å². The molecule has 3 rings (SSSR count). The first-order valence-corrected chi connectivity index (χ1v) is 7.60. The molecule has 1 aliphatic rings. The van der Waals surface area contributed by atoms with Gasteiger partial charge >= 0.3 is 5.97 Å². The van der Waals surface area contributed by atoms with Crippen LogP contribution in [0.1, 0.15) is 36.5 Å². The van der Waals surface area contributed by atoms with Gasteiger partial charge in [-0.15, -0.1) is 0 Å². The van der Waals surface area contributed by atoms with E-state index in [-0.39, 0.29) is 5.97 Å². The van der Waals surface area contributed by atoms with Crippen LogP contribution in [0.3, 0.4) is 0 Å². The number of benzene rings is 1. The van der Waals surface area contributed by atoms with E-state index in [9.17, 15) is 4.79 Å². The summed E-state index contributed by atoms with van der Waals surface area (Å²) in [6, 6.07) is 8.11. The van der Waals surface area contributed by atoms with Crippen molar-refractivity contribution in [2.45, 2.75) is 26.2 Å². The SMILES string of the molecule is CCOC(=O)c1cnc2cc(N3CCCCC3)ccc2c1. The lowest BCUT2D eigenvalue weighted by Gasteiger charge is -2.28. The summed E-state index contributed by atoms with van der Waals surface area (Å²) >= 11 is 0. The van der Waals surface area contributed by atoms with Gasteiger partial charge in [-0.3, -0.25) is 4.98 Å². The van der Waals surface area contributed by atoms with E-state index in [1.165, 1.54) is 24.9 Å². The lowest BCUT2D eigenvalue weighted by molar-refractivity contribution is 0.0526. The van der Waals surface area contributed by atoms with Gasteiger partial charge in [0.15, 0.2) is 0 Å². The zero-order valence-electron chi connectivity index (χ0n) is 12.3. The average molecular weight is 284 g/mol. The number of aromatic nitrogens is 1. The van der Waals surface area contributed by atoms with Gasteiger partial charge in [0.1, 0.15) is 0 Å². The fraction of sp³-hybridized carbons (Fsp3) is 0.412. The molecule has 0 amide bonds. The van der Waals surface area contributed by atoms with Crippen LogP contribution in [0.2, 0.25) is 0 Å². The number of carbonyl (C=O) groups excluding carboxylic acids is 1. The normalized spacial score (nSPS) is 15.2. The van der Waals surface area contributed by atoms with Gasteiger partial charge in [0.2, 0.25) is 0 Å². The Morgan fingerprint density at radius 2 is 2.05 bits per heavy atom. The minimum absolute atomic E-state index is 0.313. The van der Waals surface area contributed by atoms with Gasteiger partial charge in [0.05, 0.1) is 17.7 Å². The maximum atomic E-state index is 11.7. The molecule has 0 N–H and O–H groups in total. The summed E-state index contributed by atoms with van der Waals surface area (Å²) in [4.78, 5) is 18.6. The average Bonchev–Trinajstić information content (AvgIpc) is 2.55. The molecule has 0 atom stereocenters. The summed E-state index contributed by atoms with van der Waals surface area (Å²) in [5, 5.41) is 0.973. The molecule has 0 radical (unpaired) electrons. The highest BCUT2D eigenvalue weighted by Gasteiger charge is 2.12. The maximum absolute atomic E-state index is 11.7. The summed E-state index contributed by atoms with van der Waals surface area (Å²) in [5.41, 5.74) is 2.65. The van der Waals surface area contributed by atoms with Gasteiger partial charge in [0, 0.05) is 30.4 Å². The summed E-state index contributed by atoms with van der Waals surface area (Å²) in [7, 11) is 0. The first-order chi connectivity index (χ1) is 10.3. The highest BCUT2D eigenvalue weighted by atomic mass is 16.5. The molecule has 2 aromatic rings. The highest BCUT2D eigenvalue weighted by molar-refractivity contribution is 5.94. The Kier molecular flexibility index (Phi) is 4.04. The molecule has 110 valence electrons. The van der Waals surface area contributed by atoms with E-state index < -0.39 is 0 Å². The van der Waals surface area contributed by atoms with E-state index in [0.29, 0.717) is 12.2 Å². The quantitative estimate of drug-likeness (QED) is 0.810. The summed E-state index contributed by atoms with van der Waals surface area (Å²) in [6.45, 7) is 4.42. The number of rotatable bonds is 3. The van der Waals surface area contributed by atoms with Gasteiger partial charge in [-0.25, -0.2) is 4.79 Å². The predicted octanol–water partition coefficient (Wildman–Crippen LogP) is 3.40. The van der Waals surface area contributed by atoms with Crippen LogP contribution < -0.4 is 4.90 Å². The van der Waals surface area contributed by atoms with Gasteiger partial charge in [-0.1, -0.05) is 6.07 Å². The zero-order valence-corrected chi connectivity index (χ0v) is 12.3. The molecule has 2 heterocycles. The third kappa shape index (κ3) is 2.99. The number of esters is 1. The topological polar surface area (TPSA) is 42.4 Å². The van der Waals surface area contributed by atoms with E-state index in [0.717, 1.165) is 24.0 Å². The molecule has 0 bridgehead atoms. The standard InChI is InChI=1S/C17H20N2O2/c1-2-21-17(20)14-10-13-6-7-15(11-16(13)18-12-14)19-8-4-3-5-9-19/h6-7,10-12H,2-5,8-9H2,1H3. The van der Waals surface area contributed by atoms with Crippen LogP contribution in [-0.4, -0.2) is 30.6 Å². The molecular formula is C17H20N2O2. The maximum Gasteiger partial charge on any atom is 0.339 e. The molecule has 0 aliphatic carbocycles. The molecule has 21 heavy (non-hydrogen) atoms. The number of piperidine rings is 1. The molecular weight excluding hydrogens is 264 g/mol. The molecule has 1 aliphatic heterocycles. The molecule has 0 unspecified atom stereocenters. The van der Waals surface area contributed by atoms with Crippen LogP contribution in [-0.2, 0) is 4.74 Å². The van der Waals surface area contributed by atoms with E-state index in [2.05, 4.69) is 22.0 Å². The van der Waals surface area contributed by atoms with E-state index in [1.807, 2.05) is 12.1 Å². The van der Waals surface area contributed by atoms with Crippen molar-refractivity contribution in [3.05, 3.63) is 36.0 Å². The number of carbonyl (C=O) groups is 1. The number of nitrogens with zero attached hydrogens (tertiary/aromatic N) is 2. The van der Waals surface area contributed by atoms with Crippen molar-refractivity contribution in [3.63, 3.8) is 0 Å².